The van der Waals surface area contributed by atoms with E-state index < -0.39 is 0 Å². The van der Waals surface area contributed by atoms with E-state index >= 15 is 0 Å². The molecule has 0 bridgehead atoms. The van der Waals surface area contributed by atoms with Gasteiger partial charge in [0.25, 0.3) is 0 Å². The van der Waals surface area contributed by atoms with E-state index in [-0.39, 0.29) is 0 Å². The number of hydrogen-bond acceptors (Lipinski definition) is 3. The Hall–Kier alpha value is -1.20. The minimum absolute atomic E-state index is 0.757. The molecule has 4 nitrogen and oxygen atoms in total. The molecule has 2 saturated heterocycles. The zero-order valence-electron chi connectivity index (χ0n) is 15.7. The van der Waals surface area contributed by atoms with Crippen molar-refractivity contribution in [1.82, 2.24) is 15.1 Å². The summed E-state index contributed by atoms with van der Waals surface area (Å²) in [5, 5.41) is 3.64. The fourth-order valence-electron chi connectivity index (χ4n) is 3.73. The normalized spacial score (nSPS) is 23.2. The molecule has 0 aromatic heterocycles. The van der Waals surface area contributed by atoms with Gasteiger partial charge in [-0.25, -0.2) is 0 Å². The molecule has 0 aliphatic carbocycles. The van der Waals surface area contributed by atoms with Gasteiger partial charge in [0.2, 0.25) is 0 Å². The smallest absolute Gasteiger partial charge is 0.193 e. The fourth-order valence-corrected chi connectivity index (χ4v) is 4.78. The van der Waals surface area contributed by atoms with E-state index in [1.54, 1.807) is 0 Å². The summed E-state index contributed by atoms with van der Waals surface area (Å²) in [6.07, 6.45) is 3.88. The molecule has 3 rings (SSSR count). The van der Waals surface area contributed by atoms with Gasteiger partial charge in [-0.1, -0.05) is 18.2 Å². The van der Waals surface area contributed by atoms with Gasteiger partial charge in [0.05, 0.1) is 0 Å². The molecule has 0 saturated carbocycles. The van der Waals surface area contributed by atoms with E-state index in [1.165, 1.54) is 43.0 Å². The van der Waals surface area contributed by atoms with Crippen LogP contribution in [-0.4, -0.2) is 68.3 Å². The van der Waals surface area contributed by atoms with E-state index in [0.29, 0.717) is 0 Å². The highest BCUT2D eigenvalue weighted by Gasteiger charge is 2.25. The van der Waals surface area contributed by atoms with Crippen LogP contribution in [-0.2, 0) is 0 Å². The maximum Gasteiger partial charge on any atom is 0.193 e. The molecule has 5 heteroatoms. The third-order valence-electron chi connectivity index (χ3n) is 5.41. The Balaban J connectivity index is 1.40. The highest BCUT2D eigenvalue weighted by molar-refractivity contribution is 7.99. The first-order chi connectivity index (χ1) is 12.2. The van der Waals surface area contributed by atoms with E-state index in [9.17, 15) is 0 Å². The Labute approximate surface area is 157 Å². The third-order valence-corrected chi connectivity index (χ3v) is 6.66. The average Bonchev–Trinajstić information content (AvgIpc) is 3.12. The Kier molecular flexibility index (Phi) is 7.05. The van der Waals surface area contributed by atoms with Crippen LogP contribution in [0.1, 0.15) is 19.3 Å². The first kappa shape index (κ1) is 18.6. The van der Waals surface area contributed by atoms with Crippen molar-refractivity contribution in [1.29, 1.82) is 0 Å². The van der Waals surface area contributed by atoms with Crippen LogP contribution in [0.4, 0.5) is 0 Å². The third kappa shape index (κ3) is 5.65. The molecular weight excluding hydrogens is 328 g/mol. The Morgan fingerprint density at radius 3 is 2.56 bits per heavy atom. The number of piperidine rings is 1. The monoisotopic (exact) mass is 360 g/mol. The van der Waals surface area contributed by atoms with Crippen LogP contribution >= 0.6 is 11.8 Å². The number of benzene rings is 1. The quantitative estimate of drug-likeness (QED) is 0.497. The number of guanidine groups is 1. The lowest BCUT2D eigenvalue weighted by atomic mass is 9.97. The van der Waals surface area contributed by atoms with E-state index in [4.69, 9.17) is 0 Å². The SMILES string of the molecule is CN=C(NCC1CCN(C)CC1)N1CCC(CSc2ccccc2)C1. The summed E-state index contributed by atoms with van der Waals surface area (Å²) in [7, 11) is 4.14. The average molecular weight is 361 g/mol. The van der Waals surface area contributed by atoms with Crippen molar-refractivity contribution in [2.24, 2.45) is 16.8 Å². The number of thioether (sulfide) groups is 1. The molecule has 138 valence electrons. The second kappa shape index (κ2) is 9.48. The van der Waals surface area contributed by atoms with Crippen LogP contribution in [0, 0.1) is 11.8 Å². The Morgan fingerprint density at radius 1 is 1.12 bits per heavy atom. The molecule has 1 aromatic rings. The molecule has 2 heterocycles. The summed E-state index contributed by atoms with van der Waals surface area (Å²) in [6, 6.07) is 10.7. The maximum atomic E-state index is 4.54. The molecule has 1 aromatic carbocycles. The number of hydrogen-bond donors (Lipinski definition) is 1. The fraction of sp³-hybridized carbons (Fsp3) is 0.650. The van der Waals surface area contributed by atoms with Crippen molar-refractivity contribution in [3.8, 4) is 0 Å². The van der Waals surface area contributed by atoms with Crippen molar-refractivity contribution in [2.75, 3.05) is 52.6 Å². The Bertz CT molecular complexity index is 540. The molecule has 1 unspecified atom stereocenters. The van der Waals surface area contributed by atoms with Gasteiger partial charge in [-0.2, -0.15) is 0 Å². The number of nitrogens with one attached hydrogen (secondary N) is 1. The van der Waals surface area contributed by atoms with Gasteiger partial charge >= 0.3 is 0 Å². The molecule has 0 radical (unpaired) electrons. The highest BCUT2D eigenvalue weighted by Crippen LogP contribution is 2.26. The molecule has 1 N–H and O–H groups in total. The second-order valence-electron chi connectivity index (χ2n) is 7.40. The number of aliphatic imine (C=N–C) groups is 1. The summed E-state index contributed by atoms with van der Waals surface area (Å²) in [5.41, 5.74) is 0. The van der Waals surface area contributed by atoms with Crippen LogP contribution < -0.4 is 5.32 Å². The molecular formula is C20H32N4S. The van der Waals surface area contributed by atoms with E-state index in [1.807, 2.05) is 18.8 Å². The van der Waals surface area contributed by atoms with Crippen LogP contribution in [0.15, 0.2) is 40.2 Å². The molecule has 2 aliphatic rings. The summed E-state index contributed by atoms with van der Waals surface area (Å²) < 4.78 is 0. The molecule has 2 fully saturated rings. The van der Waals surface area contributed by atoms with Crippen LogP contribution in [0.25, 0.3) is 0 Å². The number of likely N-dealkylation sites (tertiary alicyclic amines) is 2. The van der Waals surface area contributed by atoms with Crippen LogP contribution in [0.5, 0.6) is 0 Å². The van der Waals surface area contributed by atoms with Crippen molar-refractivity contribution >= 4 is 17.7 Å². The van der Waals surface area contributed by atoms with Crippen molar-refractivity contribution < 1.29 is 0 Å². The van der Waals surface area contributed by atoms with Gasteiger partial charge in [-0.3, -0.25) is 4.99 Å². The summed E-state index contributed by atoms with van der Waals surface area (Å²) in [6.45, 7) is 5.79. The van der Waals surface area contributed by atoms with E-state index in [2.05, 4.69) is 57.5 Å². The molecule has 1 atom stereocenters. The molecule has 0 amide bonds. The second-order valence-corrected chi connectivity index (χ2v) is 8.49. The lowest BCUT2D eigenvalue weighted by Crippen LogP contribution is -2.43. The van der Waals surface area contributed by atoms with Gasteiger partial charge in [0, 0.05) is 37.3 Å². The predicted octanol–water partition coefficient (Wildman–Crippen LogP) is 3.02. The van der Waals surface area contributed by atoms with E-state index in [0.717, 1.165) is 37.4 Å². The van der Waals surface area contributed by atoms with Crippen molar-refractivity contribution in [3.63, 3.8) is 0 Å². The number of rotatable bonds is 5. The highest BCUT2D eigenvalue weighted by atomic mass is 32.2. The predicted molar refractivity (Wildman–Crippen MR) is 108 cm³/mol. The lowest BCUT2D eigenvalue weighted by molar-refractivity contribution is 0.219. The maximum absolute atomic E-state index is 4.54. The first-order valence-electron chi connectivity index (χ1n) is 9.56. The zero-order chi connectivity index (χ0) is 17.5. The van der Waals surface area contributed by atoms with Gasteiger partial charge in [-0.15, -0.1) is 11.8 Å². The van der Waals surface area contributed by atoms with Gasteiger partial charge in [-0.05, 0) is 63.4 Å². The van der Waals surface area contributed by atoms with Crippen molar-refractivity contribution in [3.05, 3.63) is 30.3 Å². The largest absolute Gasteiger partial charge is 0.356 e. The molecule has 0 spiro atoms. The molecule has 25 heavy (non-hydrogen) atoms. The topological polar surface area (TPSA) is 30.9 Å². The van der Waals surface area contributed by atoms with Gasteiger partial charge in [0.15, 0.2) is 5.96 Å². The summed E-state index contributed by atoms with van der Waals surface area (Å²) >= 11 is 1.98. The first-order valence-corrected chi connectivity index (χ1v) is 10.5. The molecule has 2 aliphatic heterocycles. The minimum atomic E-state index is 0.757. The summed E-state index contributed by atoms with van der Waals surface area (Å²) in [4.78, 5) is 10.8. The van der Waals surface area contributed by atoms with Crippen molar-refractivity contribution in [2.45, 2.75) is 24.2 Å². The van der Waals surface area contributed by atoms with Gasteiger partial charge < -0.3 is 15.1 Å². The Morgan fingerprint density at radius 2 is 1.84 bits per heavy atom. The standard InChI is InChI=1S/C20H32N4S/c1-21-20(22-14-17-8-11-23(2)12-9-17)24-13-10-18(15-24)16-25-19-6-4-3-5-7-19/h3-7,17-18H,8-16H2,1-2H3,(H,21,22). The van der Waals surface area contributed by atoms with Crippen LogP contribution in [0.2, 0.25) is 0 Å². The number of nitrogens with zero attached hydrogens (tertiary/aromatic N) is 3. The van der Waals surface area contributed by atoms with Crippen LogP contribution in [0.3, 0.4) is 0 Å². The van der Waals surface area contributed by atoms with Gasteiger partial charge in [0.1, 0.15) is 0 Å². The zero-order valence-corrected chi connectivity index (χ0v) is 16.5. The lowest BCUT2D eigenvalue weighted by Gasteiger charge is -2.30. The summed E-state index contributed by atoms with van der Waals surface area (Å²) in [5.74, 6) is 3.85. The minimum Gasteiger partial charge on any atom is -0.356 e.